The van der Waals surface area contributed by atoms with Gasteiger partial charge in [0.15, 0.2) is 5.16 Å². The van der Waals surface area contributed by atoms with Gasteiger partial charge in [-0.3, -0.25) is 4.79 Å². The minimum Gasteiger partial charge on any atom is -0.351 e. The Hall–Kier alpha value is -2.36. The molecule has 1 amide bonds. The van der Waals surface area contributed by atoms with E-state index in [-0.39, 0.29) is 16.6 Å². The molecule has 3 rings (SSSR count). The molecule has 0 saturated carbocycles. The van der Waals surface area contributed by atoms with Gasteiger partial charge in [0.05, 0.1) is 21.7 Å². The molecule has 0 radical (unpaired) electrons. The summed E-state index contributed by atoms with van der Waals surface area (Å²) in [5.74, 6) is 0.128. The highest BCUT2D eigenvalue weighted by molar-refractivity contribution is 7.99. The molecule has 0 aliphatic carbocycles. The van der Waals surface area contributed by atoms with E-state index >= 15 is 0 Å². The minimum atomic E-state index is -3.71. The number of hydrogen-bond acceptors (Lipinski definition) is 5. The van der Waals surface area contributed by atoms with Gasteiger partial charge in [-0.05, 0) is 36.8 Å². The number of imidazole rings is 1. The number of aryl methyl sites for hydroxylation is 1. The lowest BCUT2D eigenvalue weighted by molar-refractivity contribution is -0.118. The highest BCUT2D eigenvalue weighted by Crippen LogP contribution is 2.23. The van der Waals surface area contributed by atoms with Crippen molar-refractivity contribution in [3.8, 4) is 0 Å². The summed E-state index contributed by atoms with van der Waals surface area (Å²) in [6.45, 7) is 3.14. The first kappa shape index (κ1) is 19.4. The summed E-state index contributed by atoms with van der Waals surface area (Å²) in [4.78, 5) is 16.8. The lowest BCUT2D eigenvalue weighted by atomic mass is 10.2. The van der Waals surface area contributed by atoms with Gasteiger partial charge in [0.25, 0.3) is 0 Å². The second kappa shape index (κ2) is 8.12. The Kier molecular flexibility index (Phi) is 5.83. The maximum Gasteiger partial charge on any atom is 0.238 e. The van der Waals surface area contributed by atoms with E-state index in [1.807, 2.05) is 31.2 Å². The molecule has 3 N–H and O–H groups in total. The maximum absolute atomic E-state index is 12.1. The number of aromatic nitrogens is 2. The zero-order valence-electron chi connectivity index (χ0n) is 14.8. The number of hydrogen-bond donors (Lipinski definition) is 2. The number of benzene rings is 2. The van der Waals surface area contributed by atoms with Crippen LogP contribution in [0.2, 0.25) is 0 Å². The van der Waals surface area contributed by atoms with Crippen LogP contribution in [0.3, 0.4) is 0 Å². The first-order valence-corrected chi connectivity index (χ1v) is 10.9. The lowest BCUT2D eigenvalue weighted by Gasteiger charge is -2.07. The van der Waals surface area contributed by atoms with Gasteiger partial charge in [-0.15, -0.1) is 0 Å². The van der Waals surface area contributed by atoms with Crippen molar-refractivity contribution in [3.63, 3.8) is 0 Å². The van der Waals surface area contributed by atoms with Gasteiger partial charge in [-0.25, -0.2) is 18.5 Å². The van der Waals surface area contributed by atoms with Crippen molar-refractivity contribution in [3.05, 3.63) is 54.1 Å². The standard InChI is InChI=1S/C18H20N4O3S2/c1-2-22-16-6-4-3-5-15(16)21-18(22)26-12-17(23)20-11-13-7-9-14(10-8-13)27(19,24)25/h3-10H,2,11-12H2,1H3,(H,20,23)(H2,19,24,25). The number of nitrogens with two attached hydrogens (primary N) is 1. The van der Waals surface area contributed by atoms with Crippen LogP contribution >= 0.6 is 11.8 Å². The molecule has 0 bridgehead atoms. The van der Waals surface area contributed by atoms with Gasteiger partial charge >= 0.3 is 0 Å². The fraction of sp³-hybridized carbons (Fsp3) is 0.222. The number of rotatable bonds is 7. The molecule has 1 aromatic heterocycles. The van der Waals surface area contributed by atoms with E-state index in [1.54, 1.807) is 12.1 Å². The second-order valence-electron chi connectivity index (χ2n) is 5.88. The van der Waals surface area contributed by atoms with Crippen LogP contribution in [0.15, 0.2) is 58.6 Å². The first-order chi connectivity index (χ1) is 12.9. The molecule has 2 aromatic carbocycles. The molecular weight excluding hydrogens is 384 g/mol. The molecule has 142 valence electrons. The SMILES string of the molecule is CCn1c(SCC(=O)NCc2ccc(S(N)(=O)=O)cc2)nc2ccccc21. The monoisotopic (exact) mass is 404 g/mol. The number of para-hydroxylation sites is 2. The first-order valence-electron chi connectivity index (χ1n) is 8.35. The van der Waals surface area contributed by atoms with Crippen molar-refractivity contribution in [2.75, 3.05) is 5.75 Å². The number of carbonyl (C=O) groups is 1. The van der Waals surface area contributed by atoms with Crippen LogP contribution in [0.25, 0.3) is 11.0 Å². The van der Waals surface area contributed by atoms with E-state index < -0.39 is 10.0 Å². The maximum atomic E-state index is 12.1. The van der Waals surface area contributed by atoms with Crippen LogP contribution in [0, 0.1) is 0 Å². The Morgan fingerprint density at radius 2 is 1.89 bits per heavy atom. The normalized spacial score (nSPS) is 11.6. The van der Waals surface area contributed by atoms with Gasteiger partial charge in [-0.1, -0.05) is 36.0 Å². The second-order valence-corrected chi connectivity index (χ2v) is 8.39. The number of amides is 1. The van der Waals surface area contributed by atoms with E-state index in [4.69, 9.17) is 5.14 Å². The molecule has 1 heterocycles. The molecule has 7 nitrogen and oxygen atoms in total. The highest BCUT2D eigenvalue weighted by atomic mass is 32.2. The number of fused-ring (bicyclic) bond motifs is 1. The lowest BCUT2D eigenvalue weighted by Crippen LogP contribution is -2.24. The summed E-state index contributed by atoms with van der Waals surface area (Å²) < 4.78 is 24.6. The van der Waals surface area contributed by atoms with Crippen molar-refractivity contribution in [2.45, 2.75) is 30.1 Å². The molecule has 9 heteroatoms. The van der Waals surface area contributed by atoms with E-state index in [0.717, 1.165) is 28.3 Å². The van der Waals surface area contributed by atoms with Crippen LogP contribution in [0.5, 0.6) is 0 Å². The Labute approximate surface area is 162 Å². The number of primary sulfonamides is 1. The third-order valence-corrected chi connectivity index (χ3v) is 5.92. The molecule has 0 saturated heterocycles. The topological polar surface area (TPSA) is 107 Å². The summed E-state index contributed by atoms with van der Waals surface area (Å²) in [5.41, 5.74) is 2.76. The highest BCUT2D eigenvalue weighted by Gasteiger charge is 2.12. The average molecular weight is 405 g/mol. The summed E-state index contributed by atoms with van der Waals surface area (Å²) in [6.07, 6.45) is 0. The third-order valence-electron chi connectivity index (χ3n) is 4.01. The molecule has 0 aliphatic rings. The van der Waals surface area contributed by atoms with E-state index in [2.05, 4.69) is 14.9 Å². The molecule has 0 unspecified atom stereocenters. The van der Waals surface area contributed by atoms with E-state index in [0.29, 0.717) is 6.54 Å². The largest absolute Gasteiger partial charge is 0.351 e. The van der Waals surface area contributed by atoms with Crippen molar-refractivity contribution in [1.82, 2.24) is 14.9 Å². The minimum absolute atomic E-state index is 0.0478. The Morgan fingerprint density at radius 3 is 2.56 bits per heavy atom. The predicted molar refractivity (Wildman–Crippen MR) is 106 cm³/mol. The van der Waals surface area contributed by atoms with Crippen LogP contribution in [0.1, 0.15) is 12.5 Å². The van der Waals surface area contributed by atoms with Gasteiger partial charge in [0, 0.05) is 13.1 Å². The van der Waals surface area contributed by atoms with Gasteiger partial charge in [0.1, 0.15) is 0 Å². The van der Waals surface area contributed by atoms with Crippen molar-refractivity contribution in [2.24, 2.45) is 5.14 Å². The zero-order valence-corrected chi connectivity index (χ0v) is 16.4. The molecule has 0 aliphatic heterocycles. The Balaban J connectivity index is 1.57. The Bertz CT molecular complexity index is 1060. The number of nitrogens with zero attached hydrogens (tertiary/aromatic N) is 2. The van der Waals surface area contributed by atoms with Gasteiger partial charge in [-0.2, -0.15) is 0 Å². The quantitative estimate of drug-likeness (QED) is 0.587. The number of thioether (sulfide) groups is 1. The third kappa shape index (κ3) is 4.68. The fourth-order valence-corrected chi connectivity index (χ4v) is 4.07. The summed E-state index contributed by atoms with van der Waals surface area (Å²) in [5, 5.41) is 8.70. The predicted octanol–water partition coefficient (Wildman–Crippen LogP) is 2.11. The van der Waals surface area contributed by atoms with Gasteiger partial charge < -0.3 is 9.88 Å². The molecule has 0 fully saturated rings. The molecule has 0 spiro atoms. The number of carbonyl (C=O) groups excluding carboxylic acids is 1. The van der Waals surface area contributed by atoms with Crippen LogP contribution < -0.4 is 10.5 Å². The Morgan fingerprint density at radius 1 is 1.19 bits per heavy atom. The average Bonchev–Trinajstić information content (AvgIpc) is 3.01. The molecular formula is C18H20N4O3S2. The summed E-state index contributed by atoms with van der Waals surface area (Å²) in [7, 11) is -3.71. The van der Waals surface area contributed by atoms with E-state index in [9.17, 15) is 13.2 Å². The smallest absolute Gasteiger partial charge is 0.238 e. The zero-order chi connectivity index (χ0) is 19.4. The summed E-state index contributed by atoms with van der Waals surface area (Å²) >= 11 is 1.39. The molecule has 27 heavy (non-hydrogen) atoms. The van der Waals surface area contributed by atoms with Crippen LogP contribution in [-0.2, 0) is 27.9 Å². The van der Waals surface area contributed by atoms with Crippen LogP contribution in [-0.4, -0.2) is 29.6 Å². The van der Waals surface area contributed by atoms with Crippen molar-refractivity contribution in [1.29, 1.82) is 0 Å². The van der Waals surface area contributed by atoms with Crippen LogP contribution in [0.4, 0.5) is 0 Å². The summed E-state index contributed by atoms with van der Waals surface area (Å²) in [6, 6.07) is 14.0. The number of sulfonamides is 1. The van der Waals surface area contributed by atoms with Crippen molar-refractivity contribution >= 4 is 38.7 Å². The van der Waals surface area contributed by atoms with E-state index in [1.165, 1.54) is 23.9 Å². The van der Waals surface area contributed by atoms with Gasteiger partial charge in [0.2, 0.25) is 15.9 Å². The van der Waals surface area contributed by atoms with Crippen molar-refractivity contribution < 1.29 is 13.2 Å². The number of nitrogens with one attached hydrogen (secondary N) is 1. The molecule has 3 aromatic rings. The fourth-order valence-electron chi connectivity index (χ4n) is 2.65. The molecule has 0 atom stereocenters.